The van der Waals surface area contributed by atoms with E-state index in [0.717, 1.165) is 42.1 Å². The zero-order valence-electron chi connectivity index (χ0n) is 13.8. The number of pyridine rings is 2. The third-order valence-electron chi connectivity index (χ3n) is 5.03. The molecule has 1 saturated carbocycles. The summed E-state index contributed by atoms with van der Waals surface area (Å²) in [6, 6.07) is 6.13. The molecule has 1 aliphatic carbocycles. The van der Waals surface area contributed by atoms with Crippen LogP contribution in [0.2, 0.25) is 0 Å². The molecule has 0 N–H and O–H groups in total. The molecule has 1 aliphatic heterocycles. The molecular weight excluding hydrogens is 286 g/mol. The zero-order chi connectivity index (χ0) is 15.6. The highest BCUT2D eigenvalue weighted by Crippen LogP contribution is 2.38. The molecule has 2 fully saturated rings. The van der Waals surface area contributed by atoms with Crippen LogP contribution < -0.4 is 4.90 Å². The summed E-state index contributed by atoms with van der Waals surface area (Å²) in [5.41, 5.74) is 1.03. The van der Waals surface area contributed by atoms with Gasteiger partial charge in [-0.25, -0.2) is 4.98 Å². The van der Waals surface area contributed by atoms with Crippen LogP contribution in [0.3, 0.4) is 0 Å². The molecule has 2 aromatic rings. The molecule has 0 amide bonds. The molecule has 4 rings (SSSR count). The van der Waals surface area contributed by atoms with Crippen LogP contribution in [-0.4, -0.2) is 35.3 Å². The van der Waals surface area contributed by atoms with Crippen LogP contribution in [-0.2, 0) is 4.74 Å². The average molecular weight is 311 g/mol. The summed E-state index contributed by atoms with van der Waals surface area (Å²) in [7, 11) is 0. The molecular formula is C19H25N3O. The van der Waals surface area contributed by atoms with Crippen molar-refractivity contribution in [3.63, 3.8) is 0 Å². The van der Waals surface area contributed by atoms with E-state index in [0.29, 0.717) is 12.2 Å². The molecule has 0 unspecified atom stereocenters. The van der Waals surface area contributed by atoms with E-state index < -0.39 is 0 Å². The number of fused-ring (bicyclic) bond motifs is 1. The smallest absolute Gasteiger partial charge is 0.138 e. The minimum absolute atomic E-state index is 0.336. The number of unbranched alkanes of at least 4 members (excludes halogenated alkanes) is 1. The van der Waals surface area contributed by atoms with Crippen molar-refractivity contribution in [3.8, 4) is 0 Å². The second-order valence-corrected chi connectivity index (χ2v) is 6.89. The first-order chi connectivity index (χ1) is 11.3. The van der Waals surface area contributed by atoms with Crippen LogP contribution in [0.25, 0.3) is 10.9 Å². The van der Waals surface area contributed by atoms with Crippen molar-refractivity contribution < 1.29 is 4.74 Å². The predicted molar refractivity (Wildman–Crippen MR) is 92.7 cm³/mol. The van der Waals surface area contributed by atoms with Crippen molar-refractivity contribution in [2.45, 2.75) is 51.2 Å². The number of nitrogens with zero attached hydrogens (tertiary/aromatic N) is 3. The zero-order valence-corrected chi connectivity index (χ0v) is 13.8. The highest BCUT2D eigenvalue weighted by atomic mass is 16.5. The first kappa shape index (κ1) is 14.9. The molecule has 23 heavy (non-hydrogen) atoms. The van der Waals surface area contributed by atoms with Gasteiger partial charge in [-0.1, -0.05) is 19.8 Å². The molecule has 0 spiro atoms. The van der Waals surface area contributed by atoms with Gasteiger partial charge >= 0.3 is 0 Å². The molecule has 0 bridgehead atoms. The van der Waals surface area contributed by atoms with E-state index in [1.165, 1.54) is 25.7 Å². The van der Waals surface area contributed by atoms with Gasteiger partial charge in [-0.2, -0.15) is 0 Å². The Kier molecular flexibility index (Phi) is 4.17. The van der Waals surface area contributed by atoms with Crippen molar-refractivity contribution >= 4 is 16.7 Å². The number of aromatic nitrogens is 2. The topological polar surface area (TPSA) is 38.2 Å². The summed E-state index contributed by atoms with van der Waals surface area (Å²) in [6.07, 6.45) is 10.7. The Balaban J connectivity index is 1.62. The Hall–Kier alpha value is -1.68. The van der Waals surface area contributed by atoms with Gasteiger partial charge in [-0.15, -0.1) is 0 Å². The van der Waals surface area contributed by atoms with Crippen LogP contribution >= 0.6 is 0 Å². The maximum atomic E-state index is 6.39. The van der Waals surface area contributed by atoms with Gasteiger partial charge < -0.3 is 9.64 Å². The van der Waals surface area contributed by atoms with Crippen molar-refractivity contribution in [2.24, 2.45) is 5.92 Å². The number of ether oxygens (including phenoxy) is 1. The molecule has 2 aromatic heterocycles. The maximum Gasteiger partial charge on any atom is 0.138 e. The van der Waals surface area contributed by atoms with E-state index in [1.54, 1.807) is 0 Å². The minimum Gasteiger partial charge on any atom is -0.371 e. The molecule has 2 aliphatic rings. The van der Waals surface area contributed by atoms with Crippen LogP contribution in [0, 0.1) is 5.92 Å². The summed E-state index contributed by atoms with van der Waals surface area (Å²) >= 11 is 0. The van der Waals surface area contributed by atoms with Crippen molar-refractivity contribution in [3.05, 3.63) is 30.6 Å². The monoisotopic (exact) mass is 311 g/mol. The van der Waals surface area contributed by atoms with Gasteiger partial charge in [0.2, 0.25) is 0 Å². The Morgan fingerprint density at radius 3 is 2.91 bits per heavy atom. The van der Waals surface area contributed by atoms with E-state index in [1.807, 2.05) is 24.5 Å². The predicted octanol–water partition coefficient (Wildman–Crippen LogP) is 3.80. The summed E-state index contributed by atoms with van der Waals surface area (Å²) in [5, 5.41) is 1.15. The van der Waals surface area contributed by atoms with E-state index in [2.05, 4.69) is 27.9 Å². The minimum atomic E-state index is 0.336. The lowest BCUT2D eigenvalue weighted by Gasteiger charge is -2.39. The second kappa shape index (κ2) is 6.44. The fourth-order valence-electron chi connectivity index (χ4n) is 3.60. The Morgan fingerprint density at radius 1 is 1.17 bits per heavy atom. The summed E-state index contributed by atoms with van der Waals surface area (Å²) in [4.78, 5) is 11.6. The second-order valence-electron chi connectivity index (χ2n) is 6.89. The molecule has 122 valence electrons. The summed E-state index contributed by atoms with van der Waals surface area (Å²) in [6.45, 7) is 4.16. The Morgan fingerprint density at radius 2 is 2.09 bits per heavy atom. The average Bonchev–Trinajstić information content (AvgIpc) is 3.44. The third kappa shape index (κ3) is 3.18. The van der Waals surface area contributed by atoms with Gasteiger partial charge in [0.25, 0.3) is 0 Å². The number of hydrogen-bond donors (Lipinski definition) is 0. The largest absolute Gasteiger partial charge is 0.371 e. The van der Waals surface area contributed by atoms with Crippen LogP contribution in [0.1, 0.15) is 39.0 Å². The number of anilines is 1. The van der Waals surface area contributed by atoms with Crippen LogP contribution in [0.4, 0.5) is 5.82 Å². The normalized spacial score (nSPS) is 25.0. The standard InChI is InChI=1S/C19H25N3O/c1-2-3-5-15-12-22(13-18(23-15)14-7-8-14)19-16-6-4-10-20-17(16)9-11-21-19/h4,6,9-11,14-15,18H,2-3,5,7-8,12-13H2,1H3/t15-,18-/m1/s1. The van der Waals surface area contributed by atoms with Gasteiger partial charge in [0.05, 0.1) is 17.7 Å². The molecule has 3 heterocycles. The third-order valence-corrected chi connectivity index (χ3v) is 5.03. The van der Waals surface area contributed by atoms with E-state index in [9.17, 15) is 0 Å². The van der Waals surface area contributed by atoms with Gasteiger partial charge in [0.15, 0.2) is 0 Å². The molecule has 4 heteroatoms. The van der Waals surface area contributed by atoms with Crippen molar-refractivity contribution in [2.75, 3.05) is 18.0 Å². The van der Waals surface area contributed by atoms with Crippen LogP contribution in [0.15, 0.2) is 30.6 Å². The molecule has 4 nitrogen and oxygen atoms in total. The van der Waals surface area contributed by atoms with E-state index in [4.69, 9.17) is 4.74 Å². The fraction of sp³-hybridized carbons (Fsp3) is 0.579. The first-order valence-corrected chi connectivity index (χ1v) is 8.95. The van der Waals surface area contributed by atoms with Gasteiger partial charge in [0, 0.05) is 30.9 Å². The van der Waals surface area contributed by atoms with Crippen LogP contribution in [0.5, 0.6) is 0 Å². The Labute approximate surface area is 137 Å². The SMILES string of the molecule is CCCC[C@@H]1CN(c2nccc3ncccc23)C[C@H](C2CC2)O1. The highest BCUT2D eigenvalue weighted by molar-refractivity contribution is 5.89. The molecule has 2 atom stereocenters. The highest BCUT2D eigenvalue weighted by Gasteiger charge is 2.38. The van der Waals surface area contributed by atoms with Crippen molar-refractivity contribution in [1.29, 1.82) is 0 Å². The number of rotatable bonds is 5. The Bertz CT molecular complexity index is 665. The first-order valence-electron chi connectivity index (χ1n) is 8.95. The lowest BCUT2D eigenvalue weighted by molar-refractivity contribution is -0.0411. The molecule has 0 aromatic carbocycles. The summed E-state index contributed by atoms with van der Waals surface area (Å²) in [5.74, 6) is 1.83. The quantitative estimate of drug-likeness (QED) is 0.842. The molecule has 1 saturated heterocycles. The van der Waals surface area contributed by atoms with Gasteiger partial charge in [-0.05, 0) is 43.4 Å². The lowest BCUT2D eigenvalue weighted by atomic mass is 10.1. The number of hydrogen-bond acceptors (Lipinski definition) is 4. The number of morpholine rings is 1. The lowest BCUT2D eigenvalue weighted by Crippen LogP contribution is -2.49. The fourth-order valence-corrected chi connectivity index (χ4v) is 3.60. The van der Waals surface area contributed by atoms with E-state index >= 15 is 0 Å². The van der Waals surface area contributed by atoms with E-state index in [-0.39, 0.29) is 0 Å². The van der Waals surface area contributed by atoms with Gasteiger partial charge in [-0.3, -0.25) is 4.98 Å². The maximum absolute atomic E-state index is 6.39. The molecule has 0 radical (unpaired) electrons. The van der Waals surface area contributed by atoms with Gasteiger partial charge in [0.1, 0.15) is 5.82 Å². The van der Waals surface area contributed by atoms with Crippen molar-refractivity contribution in [1.82, 2.24) is 9.97 Å². The summed E-state index contributed by atoms with van der Waals surface area (Å²) < 4.78 is 6.39.